The van der Waals surface area contributed by atoms with Gasteiger partial charge in [0.15, 0.2) is 0 Å². The molecule has 0 spiro atoms. The Bertz CT molecular complexity index is 486. The quantitative estimate of drug-likeness (QED) is 0.771. The van der Waals surface area contributed by atoms with E-state index in [0.717, 1.165) is 0 Å². The van der Waals surface area contributed by atoms with E-state index in [2.05, 4.69) is 41.2 Å². The van der Waals surface area contributed by atoms with Gasteiger partial charge in [-0.1, -0.05) is 12.5 Å². The van der Waals surface area contributed by atoms with E-state index < -0.39 is 0 Å². The average molecular weight is 214 g/mol. The molecule has 0 saturated carbocycles. The molecule has 1 aromatic heterocycles. The molecule has 1 aliphatic rings. The van der Waals surface area contributed by atoms with Crippen LogP contribution in [0, 0.1) is 0 Å². The van der Waals surface area contributed by atoms with Crippen LogP contribution in [-0.4, -0.2) is 23.5 Å². The molecule has 1 N–H and O–H groups in total. The number of nitrogens with zero attached hydrogens (tertiary/aromatic N) is 1. The zero-order valence-electron chi connectivity index (χ0n) is 9.74. The summed E-state index contributed by atoms with van der Waals surface area (Å²) >= 11 is 0. The van der Waals surface area contributed by atoms with Crippen LogP contribution in [0.15, 0.2) is 30.5 Å². The lowest BCUT2D eigenvalue weighted by atomic mass is 9.95. The molecule has 2 heterocycles. The van der Waals surface area contributed by atoms with E-state index in [-0.39, 0.29) is 0 Å². The van der Waals surface area contributed by atoms with E-state index in [0.29, 0.717) is 6.04 Å². The van der Waals surface area contributed by atoms with Gasteiger partial charge >= 0.3 is 0 Å². The van der Waals surface area contributed by atoms with E-state index in [1.807, 2.05) is 6.20 Å². The van der Waals surface area contributed by atoms with E-state index >= 15 is 0 Å². The molecule has 0 aliphatic carbocycles. The molecule has 2 nitrogen and oxygen atoms in total. The van der Waals surface area contributed by atoms with Crippen molar-refractivity contribution >= 4 is 10.9 Å². The van der Waals surface area contributed by atoms with Crippen molar-refractivity contribution in [3.05, 3.63) is 36.0 Å². The van der Waals surface area contributed by atoms with Gasteiger partial charge in [-0.3, -0.25) is 4.90 Å². The number of rotatable bonds is 1. The molecule has 1 aromatic carbocycles. The van der Waals surface area contributed by atoms with E-state index in [4.69, 9.17) is 0 Å². The number of aromatic nitrogens is 1. The minimum Gasteiger partial charge on any atom is -0.361 e. The maximum absolute atomic E-state index is 3.25. The van der Waals surface area contributed by atoms with Crippen LogP contribution >= 0.6 is 0 Å². The van der Waals surface area contributed by atoms with Crippen molar-refractivity contribution < 1.29 is 0 Å². The van der Waals surface area contributed by atoms with Crippen molar-refractivity contribution in [1.82, 2.24) is 9.88 Å². The minimum absolute atomic E-state index is 0.619. The number of hydrogen-bond acceptors (Lipinski definition) is 1. The second kappa shape index (κ2) is 3.95. The first-order chi connectivity index (χ1) is 7.84. The van der Waals surface area contributed by atoms with Crippen LogP contribution in [0.5, 0.6) is 0 Å². The fraction of sp³-hybridized carbons (Fsp3) is 0.429. The lowest BCUT2D eigenvalue weighted by molar-refractivity contribution is 0.187. The van der Waals surface area contributed by atoms with Crippen LogP contribution in [-0.2, 0) is 0 Å². The van der Waals surface area contributed by atoms with Crippen molar-refractivity contribution in [2.24, 2.45) is 0 Å². The summed E-state index contributed by atoms with van der Waals surface area (Å²) in [6.45, 7) is 1.23. The Morgan fingerprint density at radius 3 is 3.06 bits per heavy atom. The summed E-state index contributed by atoms with van der Waals surface area (Å²) in [6, 6.07) is 9.58. The molecule has 0 amide bonds. The summed E-state index contributed by atoms with van der Waals surface area (Å²) in [5.74, 6) is 0. The molecule has 1 aliphatic heterocycles. The lowest BCUT2D eigenvalue weighted by Gasteiger charge is -2.32. The predicted octanol–water partition coefficient (Wildman–Crippen LogP) is 3.32. The second-order valence-electron chi connectivity index (χ2n) is 4.82. The fourth-order valence-electron chi connectivity index (χ4n) is 2.78. The number of nitrogens with one attached hydrogen (secondary N) is 1. The van der Waals surface area contributed by atoms with Crippen LogP contribution in [0.1, 0.15) is 30.9 Å². The highest BCUT2D eigenvalue weighted by molar-refractivity contribution is 5.80. The fourth-order valence-corrected chi connectivity index (χ4v) is 2.78. The molecule has 0 radical (unpaired) electrons. The van der Waals surface area contributed by atoms with E-state index in [1.54, 1.807) is 0 Å². The highest BCUT2D eigenvalue weighted by Gasteiger charge is 2.20. The van der Waals surface area contributed by atoms with Crippen LogP contribution in [0.25, 0.3) is 10.9 Å². The molecular weight excluding hydrogens is 196 g/mol. The highest BCUT2D eigenvalue weighted by Crippen LogP contribution is 2.30. The highest BCUT2D eigenvalue weighted by atomic mass is 15.1. The smallest absolute Gasteiger partial charge is 0.0454 e. The molecule has 0 bridgehead atoms. The molecule has 2 heteroatoms. The standard InChI is InChI=1S/C14H18N2/c1-16-9-3-2-4-14(16)12-5-6-13-11(10-12)7-8-15-13/h5-8,10,14-15H,2-4,9H2,1H3/t14-/m1/s1. The van der Waals surface area contributed by atoms with Gasteiger partial charge in [0, 0.05) is 17.8 Å². The Balaban J connectivity index is 1.97. The molecule has 1 atom stereocenters. The molecule has 3 rings (SSSR count). The predicted molar refractivity (Wildman–Crippen MR) is 67.5 cm³/mol. The first kappa shape index (κ1) is 9.91. The summed E-state index contributed by atoms with van der Waals surface area (Å²) in [4.78, 5) is 5.73. The number of aromatic amines is 1. The third kappa shape index (κ3) is 1.63. The molecule has 2 aromatic rings. The number of likely N-dealkylation sites (tertiary alicyclic amines) is 1. The number of benzene rings is 1. The first-order valence-electron chi connectivity index (χ1n) is 6.12. The van der Waals surface area contributed by atoms with E-state index in [9.17, 15) is 0 Å². The van der Waals surface area contributed by atoms with Crippen LogP contribution < -0.4 is 0 Å². The number of fused-ring (bicyclic) bond motifs is 1. The Morgan fingerprint density at radius 1 is 1.25 bits per heavy atom. The molecule has 1 fully saturated rings. The van der Waals surface area contributed by atoms with Gasteiger partial charge in [-0.15, -0.1) is 0 Å². The summed E-state index contributed by atoms with van der Waals surface area (Å²) < 4.78 is 0. The number of H-pyrrole nitrogens is 1. The summed E-state index contributed by atoms with van der Waals surface area (Å²) in [5.41, 5.74) is 2.71. The topological polar surface area (TPSA) is 19.0 Å². The van der Waals surface area contributed by atoms with Crippen LogP contribution in [0.2, 0.25) is 0 Å². The van der Waals surface area contributed by atoms with Crippen molar-refractivity contribution in [1.29, 1.82) is 0 Å². The normalized spacial score (nSPS) is 22.7. The SMILES string of the molecule is CN1CCCC[C@@H]1c1ccc2[nH]ccc2c1. The molecule has 1 saturated heterocycles. The molecular formula is C14H18N2. The lowest BCUT2D eigenvalue weighted by Crippen LogP contribution is -2.29. The van der Waals surface area contributed by atoms with Gasteiger partial charge in [0.2, 0.25) is 0 Å². The maximum atomic E-state index is 3.25. The molecule has 16 heavy (non-hydrogen) atoms. The van der Waals surface area contributed by atoms with Crippen LogP contribution in [0.3, 0.4) is 0 Å². The Labute approximate surface area is 96.3 Å². The summed E-state index contributed by atoms with van der Waals surface area (Å²) in [7, 11) is 2.24. The third-order valence-corrected chi connectivity index (χ3v) is 3.73. The zero-order chi connectivity index (χ0) is 11.0. The van der Waals surface area contributed by atoms with E-state index in [1.165, 1.54) is 42.3 Å². The Morgan fingerprint density at radius 2 is 2.19 bits per heavy atom. The maximum Gasteiger partial charge on any atom is 0.0454 e. The largest absolute Gasteiger partial charge is 0.361 e. The van der Waals surface area contributed by atoms with Gasteiger partial charge in [-0.05, 0) is 55.6 Å². The Kier molecular flexibility index (Phi) is 2.44. The van der Waals surface area contributed by atoms with Gasteiger partial charge < -0.3 is 4.98 Å². The summed E-state index contributed by atoms with van der Waals surface area (Å²) in [5, 5.41) is 1.33. The second-order valence-corrected chi connectivity index (χ2v) is 4.82. The third-order valence-electron chi connectivity index (χ3n) is 3.73. The van der Waals surface area contributed by atoms with Gasteiger partial charge in [0.05, 0.1) is 0 Å². The summed E-state index contributed by atoms with van der Waals surface area (Å²) in [6.07, 6.45) is 6.02. The molecule has 0 unspecified atom stereocenters. The van der Waals surface area contributed by atoms with Crippen molar-refractivity contribution in [2.45, 2.75) is 25.3 Å². The zero-order valence-corrected chi connectivity index (χ0v) is 9.74. The van der Waals surface area contributed by atoms with Crippen molar-refractivity contribution in [2.75, 3.05) is 13.6 Å². The number of hydrogen-bond donors (Lipinski definition) is 1. The van der Waals surface area contributed by atoms with Gasteiger partial charge in [0.1, 0.15) is 0 Å². The monoisotopic (exact) mass is 214 g/mol. The van der Waals surface area contributed by atoms with Crippen molar-refractivity contribution in [3.8, 4) is 0 Å². The number of piperidine rings is 1. The van der Waals surface area contributed by atoms with Gasteiger partial charge in [-0.25, -0.2) is 0 Å². The molecule has 84 valence electrons. The van der Waals surface area contributed by atoms with Crippen molar-refractivity contribution in [3.63, 3.8) is 0 Å². The minimum atomic E-state index is 0.619. The van der Waals surface area contributed by atoms with Gasteiger partial charge in [0.25, 0.3) is 0 Å². The first-order valence-corrected chi connectivity index (χ1v) is 6.12. The van der Waals surface area contributed by atoms with Crippen LogP contribution in [0.4, 0.5) is 0 Å². The Hall–Kier alpha value is -1.28. The average Bonchev–Trinajstić information content (AvgIpc) is 2.76. The van der Waals surface area contributed by atoms with Gasteiger partial charge in [-0.2, -0.15) is 0 Å².